The van der Waals surface area contributed by atoms with Gasteiger partial charge in [-0.05, 0) is 35.9 Å². The average molecular weight is 392 g/mol. The molecule has 6 heteroatoms. The van der Waals surface area contributed by atoms with E-state index in [1.165, 1.54) is 24.1 Å². The predicted molar refractivity (Wildman–Crippen MR) is 108 cm³/mol. The van der Waals surface area contributed by atoms with E-state index in [4.69, 9.17) is 9.47 Å². The molecule has 0 saturated carbocycles. The van der Waals surface area contributed by atoms with Crippen LogP contribution in [0, 0.1) is 0 Å². The molecule has 0 bridgehead atoms. The maximum Gasteiger partial charge on any atom is 0.367 e. The number of carbonyl (C=O) groups is 1. The maximum absolute atomic E-state index is 15.7. The molecule has 4 aromatic rings. The highest BCUT2D eigenvalue weighted by molar-refractivity contribution is 5.87. The molecule has 0 radical (unpaired) electrons. The van der Waals surface area contributed by atoms with Crippen molar-refractivity contribution in [3.63, 3.8) is 0 Å². The van der Waals surface area contributed by atoms with Crippen LogP contribution < -0.4 is 4.74 Å². The number of alkyl halides is 1. The number of carbonyl (C=O) groups excluding carboxylic acids is 1. The van der Waals surface area contributed by atoms with Crippen molar-refractivity contribution < 1.29 is 18.7 Å². The van der Waals surface area contributed by atoms with Crippen LogP contribution in [-0.2, 0) is 28.5 Å². The van der Waals surface area contributed by atoms with E-state index in [1.807, 2.05) is 54.6 Å². The smallest absolute Gasteiger partial charge is 0.367 e. The summed E-state index contributed by atoms with van der Waals surface area (Å²) in [5, 5.41) is 0.850. The Hall–Kier alpha value is -3.54. The fourth-order valence-corrected chi connectivity index (χ4v) is 3.40. The molecule has 1 atom stereocenters. The first-order valence-corrected chi connectivity index (χ1v) is 9.27. The second-order valence-electron chi connectivity index (χ2n) is 6.75. The number of methoxy groups -OCH3 is 1. The monoisotopic (exact) mass is 392 g/mol. The number of hydrogen-bond donors (Lipinski definition) is 0. The summed E-state index contributed by atoms with van der Waals surface area (Å²) in [5.74, 6) is -2.61. The number of hydrogen-bond acceptors (Lipinski definition) is 3. The number of esters is 1. The van der Waals surface area contributed by atoms with Gasteiger partial charge in [0.2, 0.25) is 0 Å². The highest BCUT2D eigenvalue weighted by Gasteiger charge is 2.42. The number of halogens is 1. The van der Waals surface area contributed by atoms with Crippen molar-refractivity contribution in [1.82, 2.24) is 9.13 Å². The second kappa shape index (κ2) is 7.83. The predicted octanol–water partition coefficient (Wildman–Crippen LogP) is 4.52. The lowest BCUT2D eigenvalue weighted by Gasteiger charge is -2.25. The molecule has 29 heavy (non-hydrogen) atoms. The van der Waals surface area contributed by atoms with Gasteiger partial charge in [0.05, 0.1) is 19.2 Å². The lowest BCUT2D eigenvalue weighted by Crippen LogP contribution is -2.41. The van der Waals surface area contributed by atoms with E-state index in [-0.39, 0.29) is 6.54 Å². The van der Waals surface area contributed by atoms with Gasteiger partial charge in [-0.15, -0.1) is 0 Å². The standard InChI is InChI=1S/C23H21FN2O3/c1-28-22(27)23(24,26-13-5-6-14-26)17-25-15-12-19-20(25)10-7-11-21(19)29-16-18-8-3-2-4-9-18/h2-15H,16-17H2,1H3. The highest BCUT2D eigenvalue weighted by Crippen LogP contribution is 2.31. The van der Waals surface area contributed by atoms with Crippen molar-refractivity contribution in [2.45, 2.75) is 18.9 Å². The summed E-state index contributed by atoms with van der Waals surface area (Å²) in [5.41, 5.74) is 1.83. The number of aromatic nitrogens is 2. The minimum absolute atomic E-state index is 0.222. The Morgan fingerprint density at radius 1 is 0.966 bits per heavy atom. The molecular weight excluding hydrogens is 371 g/mol. The van der Waals surface area contributed by atoms with Crippen LogP contribution in [0.3, 0.4) is 0 Å². The summed E-state index contributed by atoms with van der Waals surface area (Å²) in [6.45, 7) is 0.212. The summed E-state index contributed by atoms with van der Waals surface area (Å²) < 4.78 is 29.4. The quantitative estimate of drug-likeness (QED) is 0.435. The van der Waals surface area contributed by atoms with E-state index in [0.29, 0.717) is 12.4 Å². The van der Waals surface area contributed by atoms with Crippen LogP contribution in [0.15, 0.2) is 85.3 Å². The third-order valence-electron chi connectivity index (χ3n) is 4.90. The Morgan fingerprint density at radius 3 is 2.45 bits per heavy atom. The van der Waals surface area contributed by atoms with Crippen LogP contribution in [0.2, 0.25) is 0 Å². The first-order chi connectivity index (χ1) is 14.1. The van der Waals surface area contributed by atoms with Crippen LogP contribution in [0.25, 0.3) is 10.9 Å². The summed E-state index contributed by atoms with van der Waals surface area (Å²) in [7, 11) is 1.18. The van der Waals surface area contributed by atoms with Crippen LogP contribution in [0.4, 0.5) is 4.39 Å². The molecule has 0 aliphatic carbocycles. The highest BCUT2D eigenvalue weighted by atomic mass is 19.1. The lowest BCUT2D eigenvalue weighted by molar-refractivity contribution is -0.164. The Bertz CT molecular complexity index is 1110. The summed E-state index contributed by atoms with van der Waals surface area (Å²) in [4.78, 5) is 12.3. The summed E-state index contributed by atoms with van der Waals surface area (Å²) in [6, 6.07) is 20.7. The van der Waals surface area contributed by atoms with Crippen LogP contribution in [0.5, 0.6) is 5.75 Å². The van der Waals surface area contributed by atoms with Gasteiger partial charge >= 0.3 is 11.8 Å². The average Bonchev–Trinajstić information content (AvgIpc) is 3.43. The molecule has 0 fully saturated rings. The van der Waals surface area contributed by atoms with Crippen molar-refractivity contribution in [1.29, 1.82) is 0 Å². The third kappa shape index (κ3) is 3.61. The topological polar surface area (TPSA) is 45.4 Å². The SMILES string of the molecule is COC(=O)C(F)(Cn1ccc2c(OCc3ccccc3)cccc21)n1cccc1. The van der Waals surface area contributed by atoms with Gasteiger partial charge in [0.15, 0.2) is 0 Å². The molecule has 2 aromatic carbocycles. The van der Waals surface area contributed by atoms with Gasteiger partial charge in [-0.25, -0.2) is 9.18 Å². The van der Waals surface area contributed by atoms with E-state index >= 15 is 4.39 Å². The van der Waals surface area contributed by atoms with Crippen LogP contribution in [-0.4, -0.2) is 22.2 Å². The Morgan fingerprint density at radius 2 is 1.72 bits per heavy atom. The van der Waals surface area contributed by atoms with Gasteiger partial charge < -0.3 is 18.6 Å². The zero-order chi connectivity index (χ0) is 20.3. The molecule has 0 spiro atoms. The molecule has 148 valence electrons. The molecule has 2 aromatic heterocycles. The van der Waals surface area contributed by atoms with E-state index in [1.54, 1.807) is 22.9 Å². The third-order valence-corrected chi connectivity index (χ3v) is 4.90. The second-order valence-corrected chi connectivity index (χ2v) is 6.75. The maximum atomic E-state index is 15.7. The first-order valence-electron chi connectivity index (χ1n) is 9.27. The van der Waals surface area contributed by atoms with E-state index < -0.39 is 11.8 Å². The largest absolute Gasteiger partial charge is 0.488 e. The fraction of sp³-hybridized carbons (Fsp3) is 0.174. The van der Waals surface area contributed by atoms with Gasteiger partial charge in [0.25, 0.3) is 0 Å². The summed E-state index contributed by atoms with van der Waals surface area (Å²) in [6.07, 6.45) is 4.77. The molecule has 2 heterocycles. The number of ether oxygens (including phenoxy) is 2. The van der Waals surface area contributed by atoms with Crippen molar-refractivity contribution in [2.24, 2.45) is 0 Å². The van der Waals surface area contributed by atoms with Gasteiger partial charge in [-0.2, -0.15) is 0 Å². The molecule has 1 unspecified atom stereocenters. The molecule has 0 saturated heterocycles. The van der Waals surface area contributed by atoms with Gasteiger partial charge in [0, 0.05) is 24.0 Å². The number of nitrogens with zero attached hydrogens (tertiary/aromatic N) is 2. The zero-order valence-corrected chi connectivity index (χ0v) is 16.0. The van der Waals surface area contributed by atoms with E-state index in [9.17, 15) is 4.79 Å². The Balaban J connectivity index is 1.64. The van der Waals surface area contributed by atoms with E-state index in [0.717, 1.165) is 16.5 Å². The lowest BCUT2D eigenvalue weighted by atomic mass is 10.2. The molecular formula is C23H21FN2O3. The molecule has 5 nitrogen and oxygen atoms in total. The summed E-state index contributed by atoms with van der Waals surface area (Å²) >= 11 is 0. The van der Waals surface area contributed by atoms with Crippen molar-refractivity contribution in [3.05, 3.63) is 90.9 Å². The molecule has 4 rings (SSSR count). The van der Waals surface area contributed by atoms with Crippen molar-refractivity contribution in [3.8, 4) is 5.75 Å². The Kier molecular flexibility index (Phi) is 5.08. The minimum atomic E-state index is -2.36. The van der Waals surface area contributed by atoms with Gasteiger partial charge in [0.1, 0.15) is 12.4 Å². The van der Waals surface area contributed by atoms with Crippen molar-refractivity contribution >= 4 is 16.9 Å². The van der Waals surface area contributed by atoms with Crippen LogP contribution in [0.1, 0.15) is 5.56 Å². The number of benzene rings is 2. The van der Waals surface area contributed by atoms with Crippen molar-refractivity contribution in [2.75, 3.05) is 7.11 Å². The fourth-order valence-electron chi connectivity index (χ4n) is 3.40. The number of fused-ring (bicyclic) bond motifs is 1. The van der Waals surface area contributed by atoms with Crippen LogP contribution >= 0.6 is 0 Å². The molecule has 0 aliphatic heterocycles. The van der Waals surface area contributed by atoms with E-state index in [2.05, 4.69) is 0 Å². The van der Waals surface area contributed by atoms with Gasteiger partial charge in [-0.3, -0.25) is 0 Å². The molecule has 0 N–H and O–H groups in total. The number of rotatable bonds is 7. The zero-order valence-electron chi connectivity index (χ0n) is 16.0. The van der Waals surface area contributed by atoms with Gasteiger partial charge in [-0.1, -0.05) is 36.4 Å². The first kappa shape index (κ1) is 18.8. The normalized spacial score (nSPS) is 13.2. The Labute approximate surface area is 167 Å². The molecule has 0 aliphatic rings. The molecule has 0 amide bonds. The minimum Gasteiger partial charge on any atom is -0.488 e.